The van der Waals surface area contributed by atoms with Crippen LogP contribution in [0.3, 0.4) is 0 Å². The van der Waals surface area contributed by atoms with E-state index in [1.807, 2.05) is 24.3 Å². The van der Waals surface area contributed by atoms with Crippen LogP contribution in [0.1, 0.15) is 17.5 Å². The molecule has 0 radical (unpaired) electrons. The minimum Gasteiger partial charge on any atom is -0.497 e. The fourth-order valence-electron chi connectivity index (χ4n) is 4.43. The Morgan fingerprint density at radius 3 is 2.94 bits per heavy atom. The molecule has 0 bridgehead atoms. The van der Waals surface area contributed by atoms with E-state index in [1.54, 1.807) is 17.9 Å². The van der Waals surface area contributed by atoms with Gasteiger partial charge in [-0.05, 0) is 66.7 Å². The fourth-order valence-corrected chi connectivity index (χ4v) is 4.43. The van der Waals surface area contributed by atoms with Gasteiger partial charge >= 0.3 is 5.69 Å². The summed E-state index contributed by atoms with van der Waals surface area (Å²) in [5.41, 5.74) is 5.42. The Kier molecular flexibility index (Phi) is 5.83. The van der Waals surface area contributed by atoms with Crippen LogP contribution < -0.4 is 21.1 Å². The average molecular weight is 445 g/mol. The fraction of sp³-hybridized carbons (Fsp3) is 0.320. The molecule has 1 aliphatic rings. The molecule has 1 fully saturated rings. The van der Waals surface area contributed by atoms with Crippen LogP contribution in [0.5, 0.6) is 5.75 Å². The van der Waals surface area contributed by atoms with Crippen molar-refractivity contribution in [3.05, 3.63) is 70.3 Å². The van der Waals surface area contributed by atoms with Gasteiger partial charge in [-0.25, -0.2) is 9.78 Å². The van der Waals surface area contributed by atoms with E-state index in [1.165, 1.54) is 0 Å². The molecule has 1 saturated heterocycles. The molecule has 8 heteroatoms. The van der Waals surface area contributed by atoms with Gasteiger partial charge in [0.2, 0.25) is 5.95 Å². The maximum Gasteiger partial charge on any atom is 0.328 e. The Hall–Kier alpha value is -3.65. The van der Waals surface area contributed by atoms with E-state index in [9.17, 15) is 4.79 Å². The number of nitrogens with zero attached hydrogens (tertiary/aromatic N) is 3. The van der Waals surface area contributed by atoms with Crippen LogP contribution in [0.2, 0.25) is 0 Å². The zero-order chi connectivity index (χ0) is 22.8. The number of imidazole rings is 1. The van der Waals surface area contributed by atoms with Crippen molar-refractivity contribution in [2.45, 2.75) is 19.9 Å². The number of aromatic nitrogens is 4. The van der Waals surface area contributed by atoms with Gasteiger partial charge in [-0.1, -0.05) is 30.3 Å². The number of ether oxygens (including phenoxy) is 1. The lowest BCUT2D eigenvalue weighted by atomic mass is 9.96. The number of rotatable bonds is 7. The monoisotopic (exact) mass is 444 g/mol. The van der Waals surface area contributed by atoms with Crippen LogP contribution in [-0.2, 0) is 6.54 Å². The molecule has 0 saturated carbocycles. The molecular weight excluding hydrogens is 416 g/mol. The molecule has 0 unspecified atom stereocenters. The number of fused-ring (bicyclic) bond motifs is 1. The first kappa shape index (κ1) is 21.2. The first-order valence-electron chi connectivity index (χ1n) is 11.3. The second-order valence-electron chi connectivity index (χ2n) is 8.51. The van der Waals surface area contributed by atoms with Gasteiger partial charge < -0.3 is 20.4 Å². The first-order valence-corrected chi connectivity index (χ1v) is 11.3. The number of methoxy groups -OCH3 is 1. The van der Waals surface area contributed by atoms with Gasteiger partial charge in [-0.2, -0.15) is 4.98 Å². The zero-order valence-electron chi connectivity index (χ0n) is 18.9. The van der Waals surface area contributed by atoms with Crippen molar-refractivity contribution in [1.82, 2.24) is 24.8 Å². The SMILES string of the molecule is COc1cccc(-c2cccc(Cn3c(=O)[nH]c4cnc(NC[C@@H]5CCNC5)nc43)c2C)c1. The second kappa shape index (κ2) is 9.07. The maximum atomic E-state index is 12.8. The quantitative estimate of drug-likeness (QED) is 0.405. The van der Waals surface area contributed by atoms with Gasteiger partial charge in [0.05, 0.1) is 19.9 Å². The van der Waals surface area contributed by atoms with Crippen LogP contribution >= 0.6 is 0 Å². The third kappa shape index (κ3) is 4.34. The molecular formula is C25H28N6O2. The molecule has 170 valence electrons. The third-order valence-electron chi connectivity index (χ3n) is 6.38. The van der Waals surface area contributed by atoms with Crippen LogP contribution in [0.15, 0.2) is 53.5 Å². The van der Waals surface area contributed by atoms with Gasteiger partial charge in [-0.15, -0.1) is 0 Å². The number of hydrogen-bond donors (Lipinski definition) is 3. The smallest absolute Gasteiger partial charge is 0.328 e. The lowest BCUT2D eigenvalue weighted by molar-refractivity contribution is 0.415. The van der Waals surface area contributed by atoms with E-state index in [0.29, 0.717) is 29.6 Å². The third-order valence-corrected chi connectivity index (χ3v) is 6.38. The molecule has 1 atom stereocenters. The first-order chi connectivity index (χ1) is 16.1. The molecule has 4 aromatic rings. The minimum absolute atomic E-state index is 0.192. The summed E-state index contributed by atoms with van der Waals surface area (Å²) in [5, 5.41) is 6.70. The van der Waals surface area contributed by atoms with Crippen molar-refractivity contribution in [2.24, 2.45) is 5.92 Å². The van der Waals surface area contributed by atoms with Gasteiger partial charge in [0.25, 0.3) is 0 Å². The summed E-state index contributed by atoms with van der Waals surface area (Å²) >= 11 is 0. The summed E-state index contributed by atoms with van der Waals surface area (Å²) in [7, 11) is 1.67. The number of aromatic amines is 1. The van der Waals surface area contributed by atoms with Crippen molar-refractivity contribution in [3.8, 4) is 16.9 Å². The molecule has 5 rings (SSSR count). The Morgan fingerprint density at radius 1 is 1.24 bits per heavy atom. The van der Waals surface area contributed by atoms with Crippen LogP contribution in [0.25, 0.3) is 22.3 Å². The van der Waals surface area contributed by atoms with E-state index in [2.05, 4.69) is 50.7 Å². The summed E-state index contributed by atoms with van der Waals surface area (Å²) < 4.78 is 7.06. The predicted octanol–water partition coefficient (Wildman–Crippen LogP) is 3.17. The summed E-state index contributed by atoms with van der Waals surface area (Å²) in [6.45, 7) is 5.38. The average Bonchev–Trinajstić information content (AvgIpc) is 3.47. The molecule has 0 amide bonds. The van der Waals surface area contributed by atoms with E-state index in [4.69, 9.17) is 4.74 Å². The summed E-state index contributed by atoms with van der Waals surface area (Å²) in [5.74, 6) is 1.93. The number of benzene rings is 2. The van der Waals surface area contributed by atoms with E-state index < -0.39 is 0 Å². The van der Waals surface area contributed by atoms with Crippen LogP contribution in [-0.4, -0.2) is 46.3 Å². The topological polar surface area (TPSA) is 96.9 Å². The zero-order valence-corrected chi connectivity index (χ0v) is 18.9. The number of hydrogen-bond acceptors (Lipinski definition) is 6. The van der Waals surface area contributed by atoms with Gasteiger partial charge in [-0.3, -0.25) is 4.57 Å². The number of anilines is 1. The highest BCUT2D eigenvalue weighted by Crippen LogP contribution is 2.29. The normalized spacial score (nSPS) is 15.8. The van der Waals surface area contributed by atoms with Crippen molar-refractivity contribution in [2.75, 3.05) is 32.1 Å². The van der Waals surface area contributed by atoms with Crippen LogP contribution in [0.4, 0.5) is 5.95 Å². The molecule has 0 aliphatic carbocycles. The molecule has 3 N–H and O–H groups in total. The summed E-state index contributed by atoms with van der Waals surface area (Å²) in [6, 6.07) is 14.2. The largest absolute Gasteiger partial charge is 0.497 e. The summed E-state index contributed by atoms with van der Waals surface area (Å²) in [4.78, 5) is 24.7. The Labute approximate surface area is 192 Å². The van der Waals surface area contributed by atoms with Crippen LogP contribution in [0, 0.1) is 12.8 Å². The highest BCUT2D eigenvalue weighted by Gasteiger charge is 2.16. The molecule has 33 heavy (non-hydrogen) atoms. The summed E-state index contributed by atoms with van der Waals surface area (Å²) in [6.07, 6.45) is 2.82. The molecule has 2 aromatic heterocycles. The van der Waals surface area contributed by atoms with Crippen molar-refractivity contribution in [1.29, 1.82) is 0 Å². The lowest BCUT2D eigenvalue weighted by Crippen LogP contribution is -2.19. The molecule has 3 heterocycles. The Balaban J connectivity index is 1.45. The predicted molar refractivity (Wildman–Crippen MR) is 130 cm³/mol. The van der Waals surface area contributed by atoms with Crippen molar-refractivity contribution >= 4 is 17.1 Å². The van der Waals surface area contributed by atoms with Gasteiger partial charge in [0.15, 0.2) is 5.65 Å². The minimum atomic E-state index is -0.192. The van der Waals surface area contributed by atoms with E-state index in [0.717, 1.165) is 54.1 Å². The van der Waals surface area contributed by atoms with Crippen molar-refractivity contribution < 1.29 is 4.74 Å². The number of nitrogens with one attached hydrogen (secondary N) is 3. The number of H-pyrrole nitrogens is 1. The maximum absolute atomic E-state index is 12.8. The van der Waals surface area contributed by atoms with E-state index in [-0.39, 0.29) is 5.69 Å². The van der Waals surface area contributed by atoms with Gasteiger partial charge in [0, 0.05) is 6.54 Å². The highest BCUT2D eigenvalue weighted by atomic mass is 16.5. The molecule has 8 nitrogen and oxygen atoms in total. The van der Waals surface area contributed by atoms with Gasteiger partial charge in [0.1, 0.15) is 11.3 Å². The molecule has 1 aliphatic heterocycles. The second-order valence-corrected chi connectivity index (χ2v) is 8.51. The standard InChI is InChI=1S/C25H28N6O2/c1-16-19(6-4-8-21(16)18-5-3-7-20(11-18)33-2)15-31-23-22(29-25(31)32)14-28-24(30-23)27-13-17-9-10-26-12-17/h3-8,11,14,17,26H,9-10,12-13,15H2,1-2H3,(H,29,32)(H,27,28,30)/t17-/m1/s1. The molecule has 2 aromatic carbocycles. The Bertz CT molecular complexity index is 1340. The highest BCUT2D eigenvalue weighted by molar-refractivity contribution is 5.72. The van der Waals surface area contributed by atoms with Crippen molar-refractivity contribution in [3.63, 3.8) is 0 Å². The lowest BCUT2D eigenvalue weighted by Gasteiger charge is -2.13. The Morgan fingerprint density at radius 2 is 2.12 bits per heavy atom. The molecule has 0 spiro atoms. The van der Waals surface area contributed by atoms with E-state index >= 15 is 0 Å².